The number of benzene rings is 2. The first-order valence-electron chi connectivity index (χ1n) is 11.6. The third-order valence-corrected chi connectivity index (χ3v) is 6.00. The smallest absolute Gasteiger partial charge is 0.416 e. The molecule has 1 atom stereocenters. The summed E-state index contributed by atoms with van der Waals surface area (Å²) in [6.07, 6.45) is -5.62. The summed E-state index contributed by atoms with van der Waals surface area (Å²) in [6, 6.07) is 6.13. The molecule has 1 fully saturated rings. The van der Waals surface area contributed by atoms with Crippen LogP contribution >= 0.6 is 0 Å². The average molecular weight is 527 g/mol. The van der Waals surface area contributed by atoms with E-state index < -0.39 is 29.8 Å². The van der Waals surface area contributed by atoms with Gasteiger partial charge in [0.25, 0.3) is 5.92 Å². The van der Waals surface area contributed by atoms with Crippen molar-refractivity contribution in [3.8, 4) is 11.5 Å². The van der Waals surface area contributed by atoms with Crippen LogP contribution in [0.1, 0.15) is 42.8 Å². The Morgan fingerprint density at radius 1 is 1.08 bits per heavy atom. The summed E-state index contributed by atoms with van der Waals surface area (Å²) in [7, 11) is 1.47. The molecule has 1 aliphatic rings. The summed E-state index contributed by atoms with van der Waals surface area (Å²) in [5.74, 6) is -1.10. The van der Waals surface area contributed by atoms with E-state index in [1.165, 1.54) is 13.2 Å². The van der Waals surface area contributed by atoms with Crippen LogP contribution < -0.4 is 20.5 Å². The molecular weight excluding hydrogens is 499 g/mol. The van der Waals surface area contributed by atoms with Gasteiger partial charge in [0, 0.05) is 30.0 Å². The zero-order valence-electron chi connectivity index (χ0n) is 20.5. The minimum Gasteiger partial charge on any atom is -0.493 e. The summed E-state index contributed by atoms with van der Waals surface area (Å²) in [4.78, 5) is 8.87. The molecule has 12 heteroatoms. The Kier molecular flexibility index (Phi) is 7.31. The van der Waals surface area contributed by atoms with Crippen LogP contribution in [0.2, 0.25) is 0 Å². The van der Waals surface area contributed by atoms with Crippen molar-refractivity contribution >= 4 is 22.4 Å². The highest BCUT2D eigenvalue weighted by Gasteiger charge is 2.46. The highest BCUT2D eigenvalue weighted by Crippen LogP contribution is 2.40. The molecule has 37 heavy (non-hydrogen) atoms. The standard InChI is InChI=1S/C25H27F5N4O3/c1-13(15-6-16(25(28,29)30)8-17(31)7-15)32-23-19-9-22(21(35-3)10-20(19)33-14(2)34-23)37-5-4-36-18-11-24(26,27)12-18/h6-10,13,18H,4-5,11-12,31H2,1-3H3,(H,32,33,34)/t13-/m1/s1. The fraction of sp³-hybridized carbons (Fsp3) is 0.440. The zero-order valence-corrected chi connectivity index (χ0v) is 20.5. The number of ether oxygens (including phenoxy) is 3. The monoisotopic (exact) mass is 526 g/mol. The van der Waals surface area contributed by atoms with E-state index in [4.69, 9.17) is 19.9 Å². The molecule has 3 aromatic rings. The van der Waals surface area contributed by atoms with Crippen molar-refractivity contribution in [1.82, 2.24) is 9.97 Å². The van der Waals surface area contributed by atoms with Gasteiger partial charge in [0.2, 0.25) is 0 Å². The predicted molar refractivity (Wildman–Crippen MR) is 128 cm³/mol. The number of nitrogens with two attached hydrogens (primary N) is 1. The molecule has 1 aromatic heterocycles. The zero-order chi connectivity index (χ0) is 27.0. The van der Waals surface area contributed by atoms with Gasteiger partial charge < -0.3 is 25.3 Å². The van der Waals surface area contributed by atoms with Gasteiger partial charge >= 0.3 is 6.18 Å². The minimum absolute atomic E-state index is 0.00420. The number of methoxy groups -OCH3 is 1. The molecule has 0 saturated heterocycles. The van der Waals surface area contributed by atoms with E-state index in [9.17, 15) is 22.0 Å². The molecule has 1 saturated carbocycles. The van der Waals surface area contributed by atoms with Crippen molar-refractivity contribution in [1.29, 1.82) is 0 Å². The Balaban J connectivity index is 1.56. The predicted octanol–water partition coefficient (Wildman–Crippen LogP) is 5.91. The van der Waals surface area contributed by atoms with Gasteiger partial charge in [0.1, 0.15) is 18.2 Å². The highest BCUT2D eigenvalue weighted by molar-refractivity contribution is 5.92. The molecule has 0 unspecified atom stereocenters. The number of aryl methyl sites for hydroxylation is 1. The first-order chi connectivity index (χ1) is 17.3. The molecule has 7 nitrogen and oxygen atoms in total. The van der Waals surface area contributed by atoms with E-state index in [2.05, 4.69) is 15.3 Å². The minimum atomic E-state index is -4.53. The fourth-order valence-electron chi connectivity index (χ4n) is 4.10. The van der Waals surface area contributed by atoms with Crippen LogP contribution in [0.3, 0.4) is 0 Å². The second-order valence-electron chi connectivity index (χ2n) is 9.00. The Hall–Kier alpha value is -3.41. The number of halogens is 5. The van der Waals surface area contributed by atoms with E-state index in [1.54, 1.807) is 26.0 Å². The van der Waals surface area contributed by atoms with Crippen LogP contribution in [-0.4, -0.2) is 42.3 Å². The van der Waals surface area contributed by atoms with E-state index in [0.717, 1.165) is 12.1 Å². The normalized spacial score (nSPS) is 16.3. The Morgan fingerprint density at radius 2 is 1.81 bits per heavy atom. The summed E-state index contributed by atoms with van der Waals surface area (Å²) >= 11 is 0. The molecule has 0 amide bonds. The maximum atomic E-state index is 13.3. The molecule has 0 spiro atoms. The van der Waals surface area contributed by atoms with E-state index in [1.807, 2.05) is 0 Å². The number of fused-ring (bicyclic) bond motifs is 1. The molecule has 4 rings (SSSR count). The maximum absolute atomic E-state index is 13.3. The van der Waals surface area contributed by atoms with E-state index >= 15 is 0 Å². The number of alkyl halides is 5. The molecule has 3 N–H and O–H groups in total. The van der Waals surface area contributed by atoms with Crippen LogP contribution in [0, 0.1) is 6.92 Å². The molecule has 0 aliphatic heterocycles. The second-order valence-corrected chi connectivity index (χ2v) is 9.00. The average Bonchev–Trinajstić information content (AvgIpc) is 2.79. The lowest BCUT2D eigenvalue weighted by Crippen LogP contribution is -2.41. The fourth-order valence-corrected chi connectivity index (χ4v) is 4.10. The number of aromatic nitrogens is 2. The third kappa shape index (κ3) is 6.30. The number of anilines is 2. The van der Waals surface area contributed by atoms with Crippen molar-refractivity contribution in [3.63, 3.8) is 0 Å². The van der Waals surface area contributed by atoms with Gasteiger partial charge in [-0.1, -0.05) is 0 Å². The third-order valence-electron chi connectivity index (χ3n) is 6.00. The quantitative estimate of drug-likeness (QED) is 0.203. The van der Waals surface area contributed by atoms with Crippen LogP contribution in [-0.2, 0) is 10.9 Å². The van der Waals surface area contributed by atoms with Gasteiger partial charge in [-0.3, -0.25) is 0 Å². The lowest BCUT2D eigenvalue weighted by molar-refractivity contribution is -0.167. The summed E-state index contributed by atoms with van der Waals surface area (Å²) in [5.41, 5.74) is 5.75. The second kappa shape index (κ2) is 10.2. The van der Waals surface area contributed by atoms with Crippen molar-refractivity contribution < 1.29 is 36.2 Å². The van der Waals surface area contributed by atoms with Gasteiger partial charge in [-0.05, 0) is 43.7 Å². The number of nitrogens with zero attached hydrogens (tertiary/aromatic N) is 2. The van der Waals surface area contributed by atoms with Crippen LogP contribution in [0.15, 0.2) is 30.3 Å². The summed E-state index contributed by atoms with van der Waals surface area (Å²) < 4.78 is 82.4. The molecule has 1 aliphatic carbocycles. The lowest BCUT2D eigenvalue weighted by Gasteiger charge is -2.34. The molecule has 200 valence electrons. The van der Waals surface area contributed by atoms with Crippen LogP contribution in [0.4, 0.5) is 33.5 Å². The Bertz CT molecular complexity index is 1280. The summed E-state index contributed by atoms with van der Waals surface area (Å²) in [6.45, 7) is 3.60. The number of nitrogens with one attached hydrogen (secondary N) is 1. The highest BCUT2D eigenvalue weighted by atomic mass is 19.4. The first-order valence-corrected chi connectivity index (χ1v) is 11.6. The molecule has 1 heterocycles. The topological polar surface area (TPSA) is 91.5 Å². The number of nitrogen functional groups attached to an aromatic ring is 1. The Labute approximate surface area is 210 Å². The number of rotatable bonds is 9. The van der Waals surface area contributed by atoms with Gasteiger partial charge in [-0.15, -0.1) is 0 Å². The molecule has 0 radical (unpaired) electrons. The molecular formula is C25H27F5N4O3. The van der Waals surface area contributed by atoms with Gasteiger partial charge in [-0.25, -0.2) is 18.7 Å². The Morgan fingerprint density at radius 3 is 2.46 bits per heavy atom. The maximum Gasteiger partial charge on any atom is 0.416 e. The van der Waals surface area contributed by atoms with Crippen molar-refractivity contribution in [3.05, 3.63) is 47.3 Å². The largest absolute Gasteiger partial charge is 0.493 e. The molecule has 0 bridgehead atoms. The van der Waals surface area contributed by atoms with Crippen LogP contribution in [0.5, 0.6) is 11.5 Å². The molecule has 2 aromatic carbocycles. The van der Waals surface area contributed by atoms with E-state index in [0.29, 0.717) is 39.6 Å². The number of hydrogen-bond acceptors (Lipinski definition) is 7. The number of hydrogen-bond donors (Lipinski definition) is 2. The van der Waals surface area contributed by atoms with Crippen LogP contribution in [0.25, 0.3) is 10.9 Å². The van der Waals surface area contributed by atoms with Crippen molar-refractivity contribution in [2.75, 3.05) is 31.4 Å². The van der Waals surface area contributed by atoms with Gasteiger partial charge in [0.05, 0.1) is 36.9 Å². The summed E-state index contributed by atoms with van der Waals surface area (Å²) in [5, 5.41) is 3.70. The van der Waals surface area contributed by atoms with Gasteiger partial charge in [0.15, 0.2) is 11.5 Å². The van der Waals surface area contributed by atoms with Gasteiger partial charge in [-0.2, -0.15) is 13.2 Å². The van der Waals surface area contributed by atoms with Crippen molar-refractivity contribution in [2.24, 2.45) is 0 Å². The lowest BCUT2D eigenvalue weighted by atomic mass is 9.91. The van der Waals surface area contributed by atoms with Crippen molar-refractivity contribution in [2.45, 2.75) is 50.9 Å². The first kappa shape index (κ1) is 26.6. The van der Waals surface area contributed by atoms with E-state index in [-0.39, 0.29) is 31.7 Å². The SMILES string of the molecule is COc1cc2nc(C)nc(N[C@H](C)c3cc(N)cc(C(F)(F)F)c3)c2cc1OCCOC1CC(F)(F)C1.